The number of carbonyl (C=O) groups excluding carboxylic acids is 4. The van der Waals surface area contributed by atoms with Gasteiger partial charge in [-0.3, -0.25) is 14.4 Å². The van der Waals surface area contributed by atoms with E-state index in [0.29, 0.717) is 6.07 Å². The number of rotatable bonds is 7. The van der Waals surface area contributed by atoms with Gasteiger partial charge in [0.15, 0.2) is 0 Å². The number of methoxy groups -OCH3 is 3. The molecule has 0 aliphatic carbocycles. The van der Waals surface area contributed by atoms with Crippen LogP contribution in [-0.2, 0) is 28.6 Å². The first-order valence-electron chi connectivity index (χ1n) is 7.23. The summed E-state index contributed by atoms with van der Waals surface area (Å²) in [5.74, 6) is -7.58. The minimum absolute atomic E-state index is 0.480. The first-order valence-corrected chi connectivity index (χ1v) is 7.23. The Balaban J connectivity index is 3.17. The second-order valence-electron chi connectivity index (χ2n) is 5.01. The molecule has 0 heterocycles. The van der Waals surface area contributed by atoms with E-state index in [9.17, 15) is 28.0 Å². The highest BCUT2D eigenvalue weighted by atomic mass is 19.1. The van der Waals surface area contributed by atoms with Gasteiger partial charge in [-0.05, 0) is 12.1 Å². The molecule has 0 saturated carbocycles. The van der Waals surface area contributed by atoms with Crippen molar-refractivity contribution in [3.8, 4) is 0 Å². The lowest BCUT2D eigenvalue weighted by molar-refractivity contribution is -0.158. The second kappa shape index (κ2) is 9.44. The van der Waals surface area contributed by atoms with Gasteiger partial charge in [0.1, 0.15) is 17.7 Å². The van der Waals surface area contributed by atoms with Crippen molar-refractivity contribution in [2.24, 2.45) is 5.92 Å². The molecular formula is C16H17F2NO7. The highest BCUT2D eigenvalue weighted by Crippen LogP contribution is 2.16. The molecule has 0 saturated heterocycles. The molecule has 0 bridgehead atoms. The molecule has 1 amide bonds. The zero-order valence-corrected chi connectivity index (χ0v) is 14.2. The zero-order valence-electron chi connectivity index (χ0n) is 14.2. The largest absolute Gasteiger partial charge is 0.469 e. The van der Waals surface area contributed by atoms with Crippen molar-refractivity contribution in [2.75, 3.05) is 21.3 Å². The Morgan fingerprint density at radius 1 is 1.00 bits per heavy atom. The lowest BCUT2D eigenvalue weighted by atomic mass is 9.95. The Bertz CT molecular complexity index is 708. The van der Waals surface area contributed by atoms with E-state index in [1.807, 2.05) is 0 Å². The van der Waals surface area contributed by atoms with E-state index in [-0.39, 0.29) is 0 Å². The van der Waals surface area contributed by atoms with E-state index in [1.165, 1.54) is 0 Å². The average Bonchev–Trinajstić information content (AvgIpc) is 2.62. The van der Waals surface area contributed by atoms with Crippen molar-refractivity contribution in [1.82, 2.24) is 5.32 Å². The maximum absolute atomic E-state index is 13.7. The minimum Gasteiger partial charge on any atom is -0.469 e. The van der Waals surface area contributed by atoms with E-state index in [2.05, 4.69) is 19.5 Å². The summed E-state index contributed by atoms with van der Waals surface area (Å²) in [6.07, 6.45) is -0.602. The number of amides is 1. The molecule has 2 atom stereocenters. The Labute approximate surface area is 147 Å². The van der Waals surface area contributed by atoms with E-state index in [1.54, 1.807) is 0 Å². The number of nitrogens with one attached hydrogen (secondary N) is 1. The highest BCUT2D eigenvalue weighted by Gasteiger charge is 2.39. The van der Waals surface area contributed by atoms with Crippen LogP contribution in [0.4, 0.5) is 8.78 Å². The van der Waals surface area contributed by atoms with Crippen molar-refractivity contribution in [2.45, 2.75) is 12.5 Å². The second-order valence-corrected chi connectivity index (χ2v) is 5.01. The smallest absolute Gasteiger partial charge is 0.329 e. The van der Waals surface area contributed by atoms with Crippen LogP contribution in [0.3, 0.4) is 0 Å². The molecule has 10 heteroatoms. The normalized spacial score (nSPS) is 12.5. The van der Waals surface area contributed by atoms with Crippen molar-refractivity contribution in [3.05, 3.63) is 35.4 Å². The predicted molar refractivity (Wildman–Crippen MR) is 81.8 cm³/mol. The van der Waals surface area contributed by atoms with Gasteiger partial charge in [-0.25, -0.2) is 13.6 Å². The zero-order chi connectivity index (χ0) is 19.9. The third-order valence-electron chi connectivity index (χ3n) is 3.44. The molecule has 1 rings (SSSR count). The van der Waals surface area contributed by atoms with E-state index >= 15 is 0 Å². The van der Waals surface area contributed by atoms with E-state index in [4.69, 9.17) is 0 Å². The van der Waals surface area contributed by atoms with Crippen LogP contribution in [0.15, 0.2) is 18.2 Å². The summed E-state index contributed by atoms with van der Waals surface area (Å²) in [5, 5.41) is 2.10. The summed E-state index contributed by atoms with van der Waals surface area (Å²) >= 11 is 0. The van der Waals surface area contributed by atoms with Crippen molar-refractivity contribution < 1.29 is 42.2 Å². The van der Waals surface area contributed by atoms with Crippen LogP contribution in [-0.4, -0.2) is 51.2 Å². The van der Waals surface area contributed by atoms with Crippen molar-refractivity contribution >= 4 is 23.8 Å². The van der Waals surface area contributed by atoms with Gasteiger partial charge in [0.05, 0.1) is 39.2 Å². The summed E-state index contributed by atoms with van der Waals surface area (Å²) in [4.78, 5) is 47.7. The van der Waals surface area contributed by atoms with Crippen LogP contribution < -0.4 is 5.32 Å². The molecule has 0 aromatic heterocycles. The maximum atomic E-state index is 13.7. The van der Waals surface area contributed by atoms with Gasteiger partial charge >= 0.3 is 17.9 Å². The van der Waals surface area contributed by atoms with Crippen LogP contribution >= 0.6 is 0 Å². The van der Waals surface area contributed by atoms with Gasteiger partial charge in [0, 0.05) is 6.07 Å². The maximum Gasteiger partial charge on any atom is 0.329 e. The summed E-state index contributed by atoms with van der Waals surface area (Å²) in [7, 11) is 3.07. The molecule has 0 aliphatic heterocycles. The quantitative estimate of drug-likeness (QED) is 0.550. The SMILES string of the molecule is COC(=O)C[C@H](C(=O)OC)[C@@H](NC(=O)c1ccc(F)cc1F)C(=O)OC. The Morgan fingerprint density at radius 2 is 1.62 bits per heavy atom. The third kappa shape index (κ3) is 5.23. The number of benzene rings is 1. The first kappa shape index (κ1) is 21.0. The Kier molecular flexibility index (Phi) is 7.63. The van der Waals surface area contributed by atoms with Gasteiger partial charge < -0.3 is 19.5 Å². The van der Waals surface area contributed by atoms with Crippen molar-refractivity contribution in [1.29, 1.82) is 0 Å². The van der Waals surface area contributed by atoms with Gasteiger partial charge in [-0.15, -0.1) is 0 Å². The first-order chi connectivity index (χ1) is 12.2. The molecule has 142 valence electrons. The number of carbonyl (C=O) groups is 4. The summed E-state index contributed by atoms with van der Waals surface area (Å²) < 4.78 is 40.2. The van der Waals surface area contributed by atoms with Crippen LogP contribution in [0.25, 0.3) is 0 Å². The Hall–Kier alpha value is -3.04. The monoisotopic (exact) mass is 373 g/mol. The van der Waals surface area contributed by atoms with Gasteiger partial charge in [-0.1, -0.05) is 0 Å². The van der Waals surface area contributed by atoms with Gasteiger partial charge in [0.25, 0.3) is 5.91 Å². The number of hydrogen-bond acceptors (Lipinski definition) is 7. The van der Waals surface area contributed by atoms with E-state index < -0.39 is 59.4 Å². The molecule has 0 radical (unpaired) electrons. The fraction of sp³-hybridized carbons (Fsp3) is 0.375. The number of halogens is 2. The number of hydrogen-bond donors (Lipinski definition) is 1. The fourth-order valence-electron chi connectivity index (χ4n) is 2.09. The molecule has 0 fully saturated rings. The number of ether oxygens (including phenoxy) is 3. The molecule has 1 aromatic carbocycles. The summed E-state index contributed by atoms with van der Waals surface area (Å²) in [6, 6.07) is 0.525. The standard InChI is InChI=1S/C16H17F2NO7/c1-24-12(20)7-10(15(22)25-2)13(16(23)26-3)19-14(21)9-5-4-8(17)6-11(9)18/h4-6,10,13H,7H2,1-3H3,(H,19,21)/t10-,13+/m0/s1. The van der Waals surface area contributed by atoms with Crippen LogP contribution in [0.1, 0.15) is 16.8 Å². The molecule has 0 aliphatic rings. The minimum atomic E-state index is -1.66. The fourth-order valence-corrected chi connectivity index (χ4v) is 2.09. The molecule has 0 unspecified atom stereocenters. The van der Waals surface area contributed by atoms with E-state index in [0.717, 1.165) is 33.5 Å². The molecule has 0 spiro atoms. The molecule has 1 N–H and O–H groups in total. The van der Waals surface area contributed by atoms with Crippen LogP contribution in [0, 0.1) is 17.6 Å². The highest BCUT2D eigenvalue weighted by molar-refractivity contribution is 5.98. The summed E-state index contributed by atoms with van der Waals surface area (Å²) in [6.45, 7) is 0. The number of esters is 3. The van der Waals surface area contributed by atoms with Crippen LogP contribution in [0.5, 0.6) is 0 Å². The van der Waals surface area contributed by atoms with Gasteiger partial charge in [0.2, 0.25) is 0 Å². The third-order valence-corrected chi connectivity index (χ3v) is 3.44. The topological polar surface area (TPSA) is 108 Å². The van der Waals surface area contributed by atoms with Gasteiger partial charge in [-0.2, -0.15) is 0 Å². The predicted octanol–water partition coefficient (Wildman–Crippen LogP) is 0.588. The van der Waals surface area contributed by atoms with Crippen molar-refractivity contribution in [3.63, 3.8) is 0 Å². The average molecular weight is 373 g/mol. The van der Waals surface area contributed by atoms with Crippen LogP contribution in [0.2, 0.25) is 0 Å². The lowest BCUT2D eigenvalue weighted by Gasteiger charge is -2.23. The molecule has 1 aromatic rings. The lowest BCUT2D eigenvalue weighted by Crippen LogP contribution is -2.50. The molecular weight excluding hydrogens is 356 g/mol. The Morgan fingerprint density at radius 3 is 2.12 bits per heavy atom. The molecule has 26 heavy (non-hydrogen) atoms. The summed E-state index contributed by atoms with van der Waals surface area (Å²) in [5.41, 5.74) is -0.568. The molecule has 8 nitrogen and oxygen atoms in total.